The van der Waals surface area contributed by atoms with Crippen molar-refractivity contribution in [1.29, 1.82) is 0 Å². The average Bonchev–Trinajstić information content (AvgIpc) is 3.03. The number of nitrogens with zero attached hydrogens (tertiary/aromatic N) is 3. The Balaban J connectivity index is 1.77. The summed E-state index contributed by atoms with van der Waals surface area (Å²) in [5, 5.41) is 7.70. The summed E-state index contributed by atoms with van der Waals surface area (Å²) in [6, 6.07) is 5.47. The number of sulfonamides is 1. The first-order valence-corrected chi connectivity index (χ1v) is 8.83. The third kappa shape index (κ3) is 2.59. The van der Waals surface area contributed by atoms with Gasteiger partial charge in [0.05, 0.1) is 23.0 Å². The van der Waals surface area contributed by atoms with Crippen LogP contribution >= 0.6 is 0 Å². The number of amides is 1. The highest BCUT2D eigenvalue weighted by molar-refractivity contribution is 7.89. The lowest BCUT2D eigenvalue weighted by atomic mass is 10.1. The number of para-hydroxylation sites is 1. The van der Waals surface area contributed by atoms with E-state index in [0.717, 1.165) is 10.9 Å². The summed E-state index contributed by atoms with van der Waals surface area (Å²) >= 11 is 0. The Labute approximate surface area is 129 Å². The summed E-state index contributed by atoms with van der Waals surface area (Å²) in [5.41, 5.74) is 1.29. The lowest BCUT2D eigenvalue weighted by Gasteiger charge is -2.33. The Morgan fingerprint density at radius 2 is 2.00 bits per heavy atom. The molecule has 1 aromatic heterocycles. The van der Waals surface area contributed by atoms with Crippen molar-refractivity contribution in [3.8, 4) is 0 Å². The lowest BCUT2D eigenvalue weighted by Crippen LogP contribution is -2.50. The topological polar surface area (TPSA) is 86.4 Å². The maximum Gasteiger partial charge on any atom is 0.256 e. The number of hydrogen-bond acceptors (Lipinski definition) is 4. The molecule has 3 rings (SSSR count). The number of hydrogen-bond donors (Lipinski definition) is 1. The van der Waals surface area contributed by atoms with Gasteiger partial charge in [-0.15, -0.1) is 0 Å². The fourth-order valence-electron chi connectivity index (χ4n) is 2.67. The van der Waals surface area contributed by atoms with Crippen LogP contribution < -0.4 is 0 Å². The van der Waals surface area contributed by atoms with Gasteiger partial charge in [-0.1, -0.05) is 12.1 Å². The van der Waals surface area contributed by atoms with E-state index in [1.54, 1.807) is 24.1 Å². The van der Waals surface area contributed by atoms with Crippen molar-refractivity contribution in [2.24, 2.45) is 0 Å². The predicted octanol–water partition coefficient (Wildman–Crippen LogP) is 0.670. The van der Waals surface area contributed by atoms with Gasteiger partial charge in [0.1, 0.15) is 0 Å². The van der Waals surface area contributed by atoms with Crippen LogP contribution in [0.1, 0.15) is 17.3 Å². The molecule has 2 heterocycles. The molecular formula is C14H18N4O3S. The molecule has 0 radical (unpaired) electrons. The highest BCUT2D eigenvalue weighted by Gasteiger charge is 2.28. The van der Waals surface area contributed by atoms with E-state index in [9.17, 15) is 13.2 Å². The molecule has 1 aliphatic heterocycles. The Bertz CT molecular complexity index is 791. The van der Waals surface area contributed by atoms with Crippen molar-refractivity contribution < 1.29 is 13.2 Å². The summed E-state index contributed by atoms with van der Waals surface area (Å²) in [6.07, 6.45) is 1.68. The SMILES string of the molecule is CCS(=O)(=O)N1CCN(C(=O)c2cccc3cn[nH]c23)CC1. The van der Waals surface area contributed by atoms with Crippen molar-refractivity contribution in [3.63, 3.8) is 0 Å². The first-order valence-electron chi connectivity index (χ1n) is 7.22. The fourth-order valence-corrected chi connectivity index (χ4v) is 3.75. The highest BCUT2D eigenvalue weighted by atomic mass is 32.2. The van der Waals surface area contributed by atoms with Gasteiger partial charge in [-0.25, -0.2) is 8.42 Å². The van der Waals surface area contributed by atoms with Crippen LogP contribution in [0.25, 0.3) is 10.9 Å². The second-order valence-electron chi connectivity index (χ2n) is 5.23. The van der Waals surface area contributed by atoms with Crippen molar-refractivity contribution in [3.05, 3.63) is 30.0 Å². The Kier molecular flexibility index (Phi) is 3.88. The third-order valence-electron chi connectivity index (χ3n) is 3.99. The standard InChI is InChI=1S/C14H18N4O3S/c1-2-22(20,21)18-8-6-17(7-9-18)14(19)12-5-3-4-11-10-15-16-13(11)12/h3-5,10H,2,6-9H2,1H3,(H,15,16). The fraction of sp³-hybridized carbons (Fsp3) is 0.429. The molecule has 22 heavy (non-hydrogen) atoms. The molecule has 1 N–H and O–H groups in total. The van der Waals surface area contributed by atoms with Gasteiger partial charge in [0.25, 0.3) is 5.91 Å². The first kappa shape index (κ1) is 15.0. The summed E-state index contributed by atoms with van der Waals surface area (Å²) in [6.45, 7) is 3.14. The normalized spacial score (nSPS) is 17.0. The smallest absolute Gasteiger partial charge is 0.256 e. The molecule has 7 nitrogen and oxygen atoms in total. The van der Waals surface area contributed by atoms with Gasteiger partial charge in [-0.3, -0.25) is 9.89 Å². The second-order valence-corrected chi connectivity index (χ2v) is 7.49. The van der Waals surface area contributed by atoms with Crippen LogP contribution in [0.2, 0.25) is 0 Å². The molecule has 2 aromatic rings. The molecule has 1 aliphatic rings. The van der Waals surface area contributed by atoms with E-state index in [0.29, 0.717) is 31.7 Å². The number of H-pyrrole nitrogens is 1. The minimum absolute atomic E-state index is 0.0917. The van der Waals surface area contributed by atoms with E-state index in [-0.39, 0.29) is 11.7 Å². The molecule has 1 amide bonds. The Morgan fingerprint density at radius 1 is 1.27 bits per heavy atom. The van der Waals surface area contributed by atoms with Crippen LogP contribution in [0.15, 0.2) is 24.4 Å². The Morgan fingerprint density at radius 3 is 2.68 bits per heavy atom. The van der Waals surface area contributed by atoms with E-state index < -0.39 is 10.0 Å². The van der Waals surface area contributed by atoms with Crippen molar-refractivity contribution in [1.82, 2.24) is 19.4 Å². The molecule has 0 saturated carbocycles. The molecule has 1 saturated heterocycles. The molecule has 0 aliphatic carbocycles. The summed E-state index contributed by atoms with van der Waals surface area (Å²) in [5.74, 6) is -0.00241. The van der Waals surface area contributed by atoms with Crippen LogP contribution in [0.3, 0.4) is 0 Å². The van der Waals surface area contributed by atoms with Gasteiger partial charge >= 0.3 is 0 Å². The molecule has 118 valence electrons. The van der Waals surface area contributed by atoms with Gasteiger partial charge < -0.3 is 4.90 Å². The zero-order valence-electron chi connectivity index (χ0n) is 12.3. The highest BCUT2D eigenvalue weighted by Crippen LogP contribution is 2.18. The van der Waals surface area contributed by atoms with Crippen LogP contribution in [0.4, 0.5) is 0 Å². The number of carbonyl (C=O) groups excluding carboxylic acids is 1. The van der Waals surface area contributed by atoms with E-state index in [4.69, 9.17) is 0 Å². The van der Waals surface area contributed by atoms with E-state index in [2.05, 4.69) is 10.2 Å². The zero-order chi connectivity index (χ0) is 15.7. The maximum atomic E-state index is 12.6. The minimum atomic E-state index is -3.18. The number of piperazine rings is 1. The number of rotatable bonds is 3. The number of carbonyl (C=O) groups is 1. The van der Waals surface area contributed by atoms with Crippen LogP contribution in [-0.2, 0) is 10.0 Å². The maximum absolute atomic E-state index is 12.6. The zero-order valence-corrected chi connectivity index (χ0v) is 13.1. The monoisotopic (exact) mass is 322 g/mol. The number of nitrogens with one attached hydrogen (secondary N) is 1. The molecule has 0 bridgehead atoms. The van der Waals surface area contributed by atoms with Crippen molar-refractivity contribution in [2.75, 3.05) is 31.9 Å². The minimum Gasteiger partial charge on any atom is -0.336 e. The van der Waals surface area contributed by atoms with E-state index in [1.807, 2.05) is 12.1 Å². The summed E-state index contributed by atoms with van der Waals surface area (Å²) in [7, 11) is -3.18. The van der Waals surface area contributed by atoms with Gasteiger partial charge in [-0.05, 0) is 13.0 Å². The number of aromatic nitrogens is 2. The number of aromatic amines is 1. The van der Waals surface area contributed by atoms with Crippen LogP contribution in [0.5, 0.6) is 0 Å². The molecule has 1 aromatic carbocycles. The van der Waals surface area contributed by atoms with Gasteiger partial charge in [-0.2, -0.15) is 9.40 Å². The van der Waals surface area contributed by atoms with Crippen LogP contribution in [-0.4, -0.2) is 65.7 Å². The molecule has 0 spiro atoms. The van der Waals surface area contributed by atoms with Gasteiger partial charge in [0, 0.05) is 31.6 Å². The first-order chi connectivity index (χ1) is 10.5. The molecular weight excluding hydrogens is 304 g/mol. The molecule has 0 unspecified atom stereocenters. The third-order valence-corrected chi connectivity index (χ3v) is 5.87. The average molecular weight is 322 g/mol. The van der Waals surface area contributed by atoms with E-state index >= 15 is 0 Å². The van der Waals surface area contributed by atoms with Crippen molar-refractivity contribution >= 4 is 26.8 Å². The Hall–Kier alpha value is -1.93. The largest absolute Gasteiger partial charge is 0.336 e. The van der Waals surface area contributed by atoms with Gasteiger partial charge in [0.15, 0.2) is 0 Å². The number of fused-ring (bicyclic) bond motifs is 1. The van der Waals surface area contributed by atoms with Crippen LogP contribution in [0, 0.1) is 0 Å². The predicted molar refractivity (Wildman–Crippen MR) is 83.0 cm³/mol. The summed E-state index contributed by atoms with van der Waals surface area (Å²) in [4.78, 5) is 14.3. The lowest BCUT2D eigenvalue weighted by molar-refractivity contribution is 0.0700. The summed E-state index contributed by atoms with van der Waals surface area (Å²) < 4.78 is 25.2. The molecule has 8 heteroatoms. The van der Waals surface area contributed by atoms with E-state index in [1.165, 1.54) is 4.31 Å². The quantitative estimate of drug-likeness (QED) is 0.900. The van der Waals surface area contributed by atoms with Gasteiger partial charge in [0.2, 0.25) is 10.0 Å². The van der Waals surface area contributed by atoms with Crippen molar-refractivity contribution in [2.45, 2.75) is 6.92 Å². The number of benzene rings is 1. The second kappa shape index (κ2) is 5.69. The molecule has 1 fully saturated rings. The molecule has 0 atom stereocenters.